The molecule has 0 aliphatic carbocycles. The second-order valence-corrected chi connectivity index (χ2v) is 7.24. The van der Waals surface area contributed by atoms with Gasteiger partial charge in [-0.25, -0.2) is 4.79 Å². The fourth-order valence-corrected chi connectivity index (χ4v) is 3.63. The van der Waals surface area contributed by atoms with Crippen LogP contribution in [-0.2, 0) is 15.1 Å². The molecule has 1 aromatic carbocycles. The van der Waals surface area contributed by atoms with E-state index in [9.17, 15) is 14.4 Å². The van der Waals surface area contributed by atoms with E-state index in [1.165, 1.54) is 0 Å². The Morgan fingerprint density at radius 2 is 1.89 bits per heavy atom. The van der Waals surface area contributed by atoms with Crippen molar-refractivity contribution in [1.82, 2.24) is 30.3 Å². The van der Waals surface area contributed by atoms with Gasteiger partial charge >= 0.3 is 6.03 Å². The summed E-state index contributed by atoms with van der Waals surface area (Å²) in [4.78, 5) is 37.3. The summed E-state index contributed by atoms with van der Waals surface area (Å²) < 4.78 is 1.75. The molecule has 1 atom stereocenters. The Morgan fingerprint density at radius 3 is 2.68 bits per heavy atom. The van der Waals surface area contributed by atoms with Crippen molar-refractivity contribution >= 4 is 35.3 Å². The summed E-state index contributed by atoms with van der Waals surface area (Å²) in [6.07, 6.45) is 1.79. The maximum Gasteiger partial charge on any atom is 0.344 e. The van der Waals surface area contributed by atoms with Crippen LogP contribution in [0, 0.1) is 0 Å². The molecule has 0 bridgehead atoms. The van der Waals surface area contributed by atoms with E-state index in [4.69, 9.17) is 0 Å². The Balaban J connectivity index is 1.43. The van der Waals surface area contributed by atoms with Crippen molar-refractivity contribution in [2.24, 2.45) is 0 Å². The molecule has 4 amide bonds. The summed E-state index contributed by atoms with van der Waals surface area (Å²) in [5.74, 6) is -1.08. The number of imide groups is 1. The van der Waals surface area contributed by atoms with Gasteiger partial charge in [0.25, 0.3) is 5.91 Å². The minimum absolute atomic E-state index is 0.0329. The lowest BCUT2D eigenvalue weighted by molar-refractivity contribution is -0.138. The van der Waals surface area contributed by atoms with E-state index >= 15 is 0 Å². The molecule has 0 unspecified atom stereocenters. The first-order chi connectivity index (χ1) is 13.5. The number of aromatic nitrogens is 3. The smallest absolute Gasteiger partial charge is 0.318 e. The highest BCUT2D eigenvalue weighted by molar-refractivity contribution is 7.99. The van der Waals surface area contributed by atoms with E-state index in [2.05, 4.69) is 20.9 Å². The number of fused-ring (bicyclic) bond motifs is 1. The molecule has 10 heteroatoms. The van der Waals surface area contributed by atoms with E-state index in [1.807, 2.05) is 18.2 Å². The number of nitrogens with one attached hydrogen (secondary N) is 2. The molecular formula is C18H16N6O3S. The van der Waals surface area contributed by atoms with Crippen LogP contribution in [0.25, 0.3) is 5.65 Å². The third-order valence-electron chi connectivity index (χ3n) is 4.39. The summed E-state index contributed by atoms with van der Waals surface area (Å²) in [6.45, 7) is 1.60. The highest BCUT2D eigenvalue weighted by Crippen LogP contribution is 2.27. The molecule has 0 spiro atoms. The number of hydrogen-bond donors (Lipinski definition) is 2. The van der Waals surface area contributed by atoms with Crippen molar-refractivity contribution in [1.29, 1.82) is 0 Å². The van der Waals surface area contributed by atoms with Crippen molar-refractivity contribution < 1.29 is 14.4 Å². The van der Waals surface area contributed by atoms with Gasteiger partial charge < -0.3 is 5.32 Å². The Bertz CT molecular complexity index is 1070. The lowest BCUT2D eigenvalue weighted by atomic mass is 9.92. The van der Waals surface area contributed by atoms with Crippen LogP contribution in [0.1, 0.15) is 12.5 Å². The van der Waals surface area contributed by atoms with Gasteiger partial charge in [-0.05, 0) is 24.6 Å². The van der Waals surface area contributed by atoms with Gasteiger partial charge in [0.1, 0.15) is 5.54 Å². The van der Waals surface area contributed by atoms with Gasteiger partial charge in [0, 0.05) is 6.20 Å². The lowest BCUT2D eigenvalue weighted by Crippen LogP contribution is -2.48. The molecule has 2 N–H and O–H groups in total. The highest BCUT2D eigenvalue weighted by atomic mass is 32.2. The molecule has 0 saturated carbocycles. The van der Waals surface area contributed by atoms with Crippen LogP contribution in [-0.4, -0.2) is 43.2 Å². The maximum atomic E-state index is 12.8. The number of carbonyl (C=O) groups excluding carboxylic acids is 3. The number of pyridine rings is 1. The molecule has 1 saturated heterocycles. The number of carbonyl (C=O) groups is 3. The quantitative estimate of drug-likeness (QED) is 0.497. The first kappa shape index (κ1) is 18.0. The molecule has 28 heavy (non-hydrogen) atoms. The minimum atomic E-state index is -1.23. The second-order valence-electron chi connectivity index (χ2n) is 6.30. The van der Waals surface area contributed by atoms with E-state index < -0.39 is 23.4 Å². The molecule has 2 aromatic heterocycles. The molecular weight excluding hydrogens is 380 g/mol. The highest BCUT2D eigenvalue weighted by Gasteiger charge is 2.49. The number of rotatable bonds is 5. The maximum absolute atomic E-state index is 12.8. The van der Waals surface area contributed by atoms with Gasteiger partial charge in [0.15, 0.2) is 10.8 Å². The average Bonchev–Trinajstić information content (AvgIpc) is 3.22. The largest absolute Gasteiger partial charge is 0.344 e. The molecule has 9 nitrogen and oxygen atoms in total. The number of benzene rings is 1. The third-order valence-corrected chi connectivity index (χ3v) is 5.34. The zero-order valence-corrected chi connectivity index (χ0v) is 15.6. The van der Waals surface area contributed by atoms with Gasteiger partial charge in [-0.3, -0.25) is 19.4 Å². The molecule has 1 fully saturated rings. The molecule has 1 aliphatic heterocycles. The monoisotopic (exact) mass is 396 g/mol. The van der Waals surface area contributed by atoms with E-state index in [-0.39, 0.29) is 5.75 Å². The fraction of sp³-hybridized carbons (Fsp3) is 0.167. The summed E-state index contributed by atoms with van der Waals surface area (Å²) >= 11 is 1.15. The normalized spacial score (nSPS) is 19.1. The van der Waals surface area contributed by atoms with Gasteiger partial charge in [0.05, 0.1) is 5.75 Å². The second kappa shape index (κ2) is 6.97. The van der Waals surface area contributed by atoms with Crippen molar-refractivity contribution in [2.75, 3.05) is 5.75 Å². The molecule has 3 heterocycles. The Morgan fingerprint density at radius 1 is 1.14 bits per heavy atom. The number of amides is 4. The predicted octanol–water partition coefficient (Wildman–Crippen LogP) is 1.32. The number of hydrogen-bond acceptors (Lipinski definition) is 6. The van der Waals surface area contributed by atoms with Crippen LogP contribution in [0.15, 0.2) is 59.9 Å². The average molecular weight is 396 g/mol. The van der Waals surface area contributed by atoms with Gasteiger partial charge in [-0.1, -0.05) is 48.2 Å². The van der Waals surface area contributed by atoms with Crippen molar-refractivity contribution in [3.05, 3.63) is 60.3 Å². The molecule has 0 radical (unpaired) electrons. The first-order valence-corrected chi connectivity index (χ1v) is 9.42. The Labute approximate surface area is 164 Å². The number of thioether (sulfide) groups is 1. The lowest BCUT2D eigenvalue weighted by Gasteiger charge is -2.22. The first-order valence-electron chi connectivity index (χ1n) is 8.43. The Kier molecular flexibility index (Phi) is 4.47. The molecule has 4 rings (SSSR count). The van der Waals surface area contributed by atoms with E-state index in [0.717, 1.165) is 16.8 Å². The van der Waals surface area contributed by atoms with Crippen molar-refractivity contribution in [3.8, 4) is 0 Å². The minimum Gasteiger partial charge on any atom is -0.318 e. The summed E-state index contributed by atoms with van der Waals surface area (Å²) in [5.41, 5.74) is 2.43. The SMILES string of the molecule is C[C@@]1(c2ccccc2)NC(=O)N(NC(=O)CSc2nnc3ccccn23)C1=O. The number of nitrogens with zero attached hydrogens (tertiary/aromatic N) is 4. The summed E-state index contributed by atoms with van der Waals surface area (Å²) in [6, 6.07) is 13.7. The number of urea groups is 1. The topological polar surface area (TPSA) is 109 Å². The van der Waals surface area contributed by atoms with Crippen LogP contribution in [0.3, 0.4) is 0 Å². The van der Waals surface area contributed by atoms with E-state index in [0.29, 0.717) is 16.4 Å². The van der Waals surface area contributed by atoms with Crippen LogP contribution >= 0.6 is 11.8 Å². The van der Waals surface area contributed by atoms with E-state index in [1.54, 1.807) is 47.9 Å². The predicted molar refractivity (Wildman–Crippen MR) is 101 cm³/mol. The zero-order chi connectivity index (χ0) is 19.7. The molecule has 1 aliphatic rings. The van der Waals surface area contributed by atoms with Crippen LogP contribution in [0.5, 0.6) is 0 Å². The Hall–Kier alpha value is -3.40. The standard InChI is InChI=1S/C18H16N6O3S/c1-18(12-7-3-2-4-8-12)15(26)24(16(27)19-18)22-14(25)11-28-17-21-20-13-9-5-6-10-23(13)17/h2-10H,11H2,1H3,(H,19,27)(H,22,25)/t18-/m0/s1. The van der Waals surface area contributed by atoms with Gasteiger partial charge in [-0.15, -0.1) is 10.2 Å². The summed E-state index contributed by atoms with van der Waals surface area (Å²) in [5, 5.41) is 11.9. The number of hydrazine groups is 1. The van der Waals surface area contributed by atoms with Crippen molar-refractivity contribution in [2.45, 2.75) is 17.6 Å². The van der Waals surface area contributed by atoms with Gasteiger partial charge in [0.2, 0.25) is 5.91 Å². The summed E-state index contributed by atoms with van der Waals surface area (Å²) in [7, 11) is 0. The fourth-order valence-electron chi connectivity index (χ4n) is 2.91. The van der Waals surface area contributed by atoms with Crippen LogP contribution in [0.2, 0.25) is 0 Å². The third kappa shape index (κ3) is 3.07. The molecule has 142 valence electrons. The zero-order valence-electron chi connectivity index (χ0n) is 14.8. The molecule has 3 aromatic rings. The van der Waals surface area contributed by atoms with Crippen molar-refractivity contribution in [3.63, 3.8) is 0 Å². The van der Waals surface area contributed by atoms with Crippen LogP contribution in [0.4, 0.5) is 4.79 Å². The van der Waals surface area contributed by atoms with Crippen LogP contribution < -0.4 is 10.7 Å². The van der Waals surface area contributed by atoms with Gasteiger partial charge in [-0.2, -0.15) is 5.01 Å².